The molecule has 0 saturated carbocycles. The highest BCUT2D eigenvalue weighted by atomic mass is 16.5. The molecule has 3 rings (SSSR count). The highest BCUT2D eigenvalue weighted by Gasteiger charge is 2.02. The van der Waals surface area contributed by atoms with Crippen LogP contribution in [0.5, 0.6) is 5.75 Å². The van der Waals surface area contributed by atoms with Crippen molar-refractivity contribution in [2.75, 3.05) is 12.4 Å². The molecule has 3 heteroatoms. The van der Waals surface area contributed by atoms with Crippen LogP contribution in [0.1, 0.15) is 0 Å². The topological polar surface area (TPSA) is 34.1 Å². The third-order valence-corrected chi connectivity index (χ3v) is 3.01. The number of rotatable bonds is 3. The number of nitrogens with one attached hydrogen (secondary N) is 1. The van der Waals surface area contributed by atoms with Crippen LogP contribution in [0.3, 0.4) is 0 Å². The van der Waals surface area contributed by atoms with E-state index in [0.717, 1.165) is 22.6 Å². The van der Waals surface area contributed by atoms with Gasteiger partial charge in [-0.3, -0.25) is 0 Å². The highest BCUT2D eigenvalue weighted by molar-refractivity contribution is 5.93. The summed E-state index contributed by atoms with van der Waals surface area (Å²) in [6.07, 6.45) is 1.81. The number of nitrogens with zero attached hydrogens (tertiary/aromatic N) is 1. The maximum absolute atomic E-state index is 5.22. The Bertz CT molecular complexity index is 704. The van der Waals surface area contributed by atoms with Crippen molar-refractivity contribution in [2.45, 2.75) is 0 Å². The molecular formula is C16H14N2O. The normalized spacial score (nSPS) is 10.4. The fraction of sp³-hybridized carbons (Fsp3) is 0.0625. The molecule has 2 aromatic carbocycles. The average Bonchev–Trinajstić information content (AvgIpc) is 2.48. The summed E-state index contributed by atoms with van der Waals surface area (Å²) < 4.78 is 5.22. The van der Waals surface area contributed by atoms with Gasteiger partial charge in [-0.05, 0) is 23.6 Å². The first-order valence-corrected chi connectivity index (χ1v) is 6.11. The van der Waals surface area contributed by atoms with Crippen molar-refractivity contribution >= 4 is 22.3 Å². The maximum Gasteiger partial charge on any atom is 0.138 e. The van der Waals surface area contributed by atoms with Crippen molar-refractivity contribution < 1.29 is 4.74 Å². The summed E-state index contributed by atoms with van der Waals surface area (Å²) in [6, 6.07) is 18.0. The Morgan fingerprint density at radius 3 is 2.79 bits per heavy atom. The van der Waals surface area contributed by atoms with E-state index < -0.39 is 0 Å². The molecule has 0 saturated heterocycles. The fourth-order valence-corrected chi connectivity index (χ4v) is 2.06. The van der Waals surface area contributed by atoms with Crippen LogP contribution in [0.15, 0.2) is 60.8 Å². The molecule has 1 heterocycles. The third-order valence-electron chi connectivity index (χ3n) is 3.01. The Morgan fingerprint density at radius 2 is 1.89 bits per heavy atom. The van der Waals surface area contributed by atoms with Gasteiger partial charge in [0.25, 0.3) is 0 Å². The van der Waals surface area contributed by atoms with Crippen LogP contribution in [0, 0.1) is 0 Å². The predicted octanol–water partition coefficient (Wildman–Crippen LogP) is 3.99. The number of ether oxygens (including phenoxy) is 1. The van der Waals surface area contributed by atoms with Crippen molar-refractivity contribution in [3.8, 4) is 5.75 Å². The molecular weight excluding hydrogens is 236 g/mol. The van der Waals surface area contributed by atoms with Gasteiger partial charge in [-0.1, -0.05) is 30.3 Å². The van der Waals surface area contributed by atoms with Crippen LogP contribution in [0.25, 0.3) is 10.8 Å². The van der Waals surface area contributed by atoms with Crippen LogP contribution in [-0.2, 0) is 0 Å². The van der Waals surface area contributed by atoms with E-state index in [4.69, 9.17) is 4.74 Å². The van der Waals surface area contributed by atoms with E-state index in [-0.39, 0.29) is 0 Å². The summed E-state index contributed by atoms with van der Waals surface area (Å²) in [5.41, 5.74) is 0.961. The monoisotopic (exact) mass is 250 g/mol. The standard InChI is InChI=1S/C16H14N2O/c1-19-14-7-4-6-13(11-14)18-16-15-8-3-2-5-12(15)9-10-17-16/h2-11H,1H3,(H,17,18). The zero-order valence-corrected chi connectivity index (χ0v) is 10.6. The van der Waals surface area contributed by atoms with E-state index in [9.17, 15) is 0 Å². The van der Waals surface area contributed by atoms with Gasteiger partial charge in [0.1, 0.15) is 11.6 Å². The van der Waals surface area contributed by atoms with E-state index in [2.05, 4.69) is 22.4 Å². The van der Waals surface area contributed by atoms with Crippen LogP contribution < -0.4 is 10.1 Å². The summed E-state index contributed by atoms with van der Waals surface area (Å²) in [5.74, 6) is 1.68. The molecule has 0 aliphatic heterocycles. The predicted molar refractivity (Wildman–Crippen MR) is 78.0 cm³/mol. The Hall–Kier alpha value is -2.55. The lowest BCUT2D eigenvalue weighted by Crippen LogP contribution is -1.94. The summed E-state index contributed by atoms with van der Waals surface area (Å²) in [4.78, 5) is 4.41. The molecule has 0 bridgehead atoms. The average molecular weight is 250 g/mol. The number of anilines is 2. The number of fused-ring (bicyclic) bond motifs is 1. The van der Waals surface area contributed by atoms with Crippen LogP contribution in [-0.4, -0.2) is 12.1 Å². The fourth-order valence-electron chi connectivity index (χ4n) is 2.06. The first-order chi connectivity index (χ1) is 9.36. The van der Waals surface area contributed by atoms with Crippen molar-refractivity contribution in [2.24, 2.45) is 0 Å². The van der Waals surface area contributed by atoms with E-state index >= 15 is 0 Å². The molecule has 0 fully saturated rings. The van der Waals surface area contributed by atoms with E-state index in [0.29, 0.717) is 0 Å². The zero-order chi connectivity index (χ0) is 13.1. The van der Waals surface area contributed by atoms with E-state index in [1.165, 1.54) is 5.39 Å². The Morgan fingerprint density at radius 1 is 1.00 bits per heavy atom. The largest absolute Gasteiger partial charge is 0.497 e. The Kier molecular flexibility index (Phi) is 3.02. The number of methoxy groups -OCH3 is 1. The second-order valence-corrected chi connectivity index (χ2v) is 4.24. The number of benzene rings is 2. The van der Waals surface area contributed by atoms with Crippen LogP contribution in [0.4, 0.5) is 11.5 Å². The number of pyridine rings is 1. The van der Waals surface area contributed by atoms with Crippen molar-refractivity contribution in [1.82, 2.24) is 4.98 Å². The minimum Gasteiger partial charge on any atom is -0.497 e. The number of hydrogen-bond acceptors (Lipinski definition) is 3. The lowest BCUT2D eigenvalue weighted by atomic mass is 10.1. The molecule has 0 spiro atoms. The molecule has 3 aromatic rings. The van der Waals surface area contributed by atoms with Crippen LogP contribution in [0.2, 0.25) is 0 Å². The minimum absolute atomic E-state index is 0.824. The number of aromatic nitrogens is 1. The van der Waals surface area contributed by atoms with Gasteiger partial charge in [-0.25, -0.2) is 4.98 Å². The zero-order valence-electron chi connectivity index (χ0n) is 10.6. The van der Waals surface area contributed by atoms with Gasteiger partial charge >= 0.3 is 0 Å². The third kappa shape index (κ3) is 2.36. The summed E-state index contributed by atoms with van der Waals surface area (Å²) >= 11 is 0. The van der Waals surface area contributed by atoms with Crippen molar-refractivity contribution in [3.05, 3.63) is 60.8 Å². The second-order valence-electron chi connectivity index (χ2n) is 4.24. The molecule has 0 radical (unpaired) electrons. The summed E-state index contributed by atoms with van der Waals surface area (Å²) in [6.45, 7) is 0. The summed E-state index contributed by atoms with van der Waals surface area (Å²) in [5, 5.41) is 5.60. The van der Waals surface area contributed by atoms with Gasteiger partial charge in [0.2, 0.25) is 0 Å². The molecule has 0 amide bonds. The first kappa shape index (κ1) is 11.5. The van der Waals surface area contributed by atoms with Gasteiger partial charge < -0.3 is 10.1 Å². The lowest BCUT2D eigenvalue weighted by molar-refractivity contribution is 0.415. The van der Waals surface area contributed by atoms with Gasteiger partial charge in [0, 0.05) is 23.3 Å². The van der Waals surface area contributed by atoms with Gasteiger partial charge in [0.15, 0.2) is 0 Å². The lowest BCUT2D eigenvalue weighted by Gasteiger charge is -2.09. The van der Waals surface area contributed by atoms with Gasteiger partial charge in [-0.15, -0.1) is 0 Å². The van der Waals surface area contributed by atoms with Crippen LogP contribution >= 0.6 is 0 Å². The minimum atomic E-state index is 0.824. The Balaban J connectivity index is 2.01. The molecule has 0 atom stereocenters. The molecule has 1 N–H and O–H groups in total. The maximum atomic E-state index is 5.22. The van der Waals surface area contributed by atoms with Crippen molar-refractivity contribution in [1.29, 1.82) is 0 Å². The highest BCUT2D eigenvalue weighted by Crippen LogP contribution is 2.25. The van der Waals surface area contributed by atoms with Crippen molar-refractivity contribution in [3.63, 3.8) is 0 Å². The first-order valence-electron chi connectivity index (χ1n) is 6.11. The molecule has 0 aliphatic carbocycles. The molecule has 0 aliphatic rings. The quantitative estimate of drug-likeness (QED) is 0.763. The molecule has 0 unspecified atom stereocenters. The van der Waals surface area contributed by atoms with Gasteiger partial charge in [0.05, 0.1) is 7.11 Å². The van der Waals surface area contributed by atoms with E-state index in [1.807, 2.05) is 48.7 Å². The second kappa shape index (κ2) is 4.98. The molecule has 3 nitrogen and oxygen atoms in total. The smallest absolute Gasteiger partial charge is 0.138 e. The molecule has 94 valence electrons. The number of hydrogen-bond donors (Lipinski definition) is 1. The summed E-state index contributed by atoms with van der Waals surface area (Å²) in [7, 11) is 1.66. The SMILES string of the molecule is COc1cccc(Nc2nccc3ccccc23)c1. The molecule has 19 heavy (non-hydrogen) atoms. The molecule has 1 aromatic heterocycles. The Labute approximate surface area is 111 Å². The van der Waals surface area contributed by atoms with Gasteiger partial charge in [-0.2, -0.15) is 0 Å². The van der Waals surface area contributed by atoms with E-state index in [1.54, 1.807) is 7.11 Å².